The van der Waals surface area contributed by atoms with E-state index in [1.54, 1.807) is 0 Å². The van der Waals surface area contributed by atoms with E-state index in [1.165, 1.54) is 6.92 Å². The summed E-state index contributed by atoms with van der Waals surface area (Å²) in [6, 6.07) is 3.75. The van der Waals surface area contributed by atoms with Crippen molar-refractivity contribution in [2.75, 3.05) is 5.32 Å². The highest BCUT2D eigenvalue weighted by molar-refractivity contribution is 5.89. The maximum Gasteiger partial charge on any atom is 0.221 e. The third-order valence-corrected chi connectivity index (χ3v) is 2.30. The first kappa shape index (κ1) is 10.7. The Morgan fingerprint density at radius 2 is 2.07 bits per heavy atom. The second kappa shape index (κ2) is 4.24. The van der Waals surface area contributed by atoms with Crippen LogP contribution < -0.4 is 5.32 Å². The molecule has 1 aromatic carbocycles. The molecule has 0 aliphatic carbocycles. The SMILES string of the molecule is CC(=O)Nc1ccc(C)c(CO)c1C. The quantitative estimate of drug-likeness (QED) is 0.751. The van der Waals surface area contributed by atoms with Gasteiger partial charge in [-0.25, -0.2) is 0 Å². The fourth-order valence-electron chi connectivity index (χ4n) is 1.46. The molecule has 1 aromatic rings. The Morgan fingerprint density at radius 3 is 2.57 bits per heavy atom. The molecule has 0 saturated heterocycles. The van der Waals surface area contributed by atoms with Gasteiger partial charge in [0, 0.05) is 12.6 Å². The number of aryl methyl sites for hydroxylation is 1. The van der Waals surface area contributed by atoms with Gasteiger partial charge in [-0.3, -0.25) is 4.79 Å². The molecule has 0 spiro atoms. The van der Waals surface area contributed by atoms with Gasteiger partial charge in [-0.1, -0.05) is 6.07 Å². The molecule has 0 aliphatic heterocycles. The van der Waals surface area contributed by atoms with Gasteiger partial charge in [0.25, 0.3) is 0 Å². The highest BCUT2D eigenvalue weighted by Crippen LogP contribution is 2.22. The third kappa shape index (κ3) is 2.12. The van der Waals surface area contributed by atoms with Crippen LogP contribution >= 0.6 is 0 Å². The molecule has 2 N–H and O–H groups in total. The van der Waals surface area contributed by atoms with Crippen molar-refractivity contribution in [2.45, 2.75) is 27.4 Å². The summed E-state index contributed by atoms with van der Waals surface area (Å²) in [6.45, 7) is 5.31. The molecule has 3 nitrogen and oxygen atoms in total. The van der Waals surface area contributed by atoms with Crippen LogP contribution in [-0.4, -0.2) is 11.0 Å². The molecule has 0 radical (unpaired) electrons. The minimum absolute atomic E-state index is 0.00505. The number of aliphatic hydroxyl groups is 1. The zero-order chi connectivity index (χ0) is 10.7. The van der Waals surface area contributed by atoms with Gasteiger partial charge in [-0.2, -0.15) is 0 Å². The number of nitrogens with one attached hydrogen (secondary N) is 1. The summed E-state index contributed by atoms with van der Waals surface area (Å²) in [5, 5.41) is 11.9. The lowest BCUT2D eigenvalue weighted by molar-refractivity contribution is -0.114. The summed E-state index contributed by atoms with van der Waals surface area (Å²) in [5.74, 6) is -0.0964. The molecule has 1 rings (SSSR count). The van der Waals surface area contributed by atoms with Gasteiger partial charge in [0.1, 0.15) is 0 Å². The van der Waals surface area contributed by atoms with Crippen LogP contribution in [0.15, 0.2) is 12.1 Å². The average molecular weight is 193 g/mol. The minimum Gasteiger partial charge on any atom is -0.392 e. The molecule has 0 atom stereocenters. The van der Waals surface area contributed by atoms with Crippen LogP contribution in [0.5, 0.6) is 0 Å². The van der Waals surface area contributed by atoms with Crippen molar-refractivity contribution in [3.8, 4) is 0 Å². The number of carbonyl (C=O) groups excluding carboxylic acids is 1. The molecule has 3 heteroatoms. The normalized spacial score (nSPS) is 10.0. The Balaban J connectivity index is 3.14. The van der Waals surface area contributed by atoms with Crippen LogP contribution in [0.25, 0.3) is 0 Å². The van der Waals surface area contributed by atoms with Gasteiger partial charge in [-0.15, -0.1) is 0 Å². The molecular formula is C11H15NO2. The van der Waals surface area contributed by atoms with E-state index in [4.69, 9.17) is 5.11 Å². The summed E-state index contributed by atoms with van der Waals surface area (Å²) < 4.78 is 0. The molecule has 0 unspecified atom stereocenters. The summed E-state index contributed by atoms with van der Waals surface area (Å²) in [4.78, 5) is 10.9. The van der Waals surface area contributed by atoms with Crippen molar-refractivity contribution in [3.63, 3.8) is 0 Å². The van der Waals surface area contributed by atoms with Crippen molar-refractivity contribution in [3.05, 3.63) is 28.8 Å². The van der Waals surface area contributed by atoms with Gasteiger partial charge in [0.2, 0.25) is 5.91 Å². The second-order valence-corrected chi connectivity index (χ2v) is 3.37. The fourth-order valence-corrected chi connectivity index (χ4v) is 1.46. The van der Waals surface area contributed by atoms with Crippen LogP contribution in [0, 0.1) is 13.8 Å². The van der Waals surface area contributed by atoms with Crippen molar-refractivity contribution >= 4 is 11.6 Å². The summed E-state index contributed by atoms with van der Waals surface area (Å²) in [6.07, 6.45) is 0. The number of amides is 1. The zero-order valence-corrected chi connectivity index (χ0v) is 8.72. The molecule has 0 aliphatic rings. The first-order valence-electron chi connectivity index (χ1n) is 4.53. The standard InChI is InChI=1S/C11H15NO2/c1-7-4-5-11(12-9(3)14)8(2)10(7)6-13/h4-5,13H,6H2,1-3H3,(H,12,14). The first-order valence-corrected chi connectivity index (χ1v) is 4.53. The van der Waals surface area contributed by atoms with E-state index in [0.29, 0.717) is 0 Å². The smallest absolute Gasteiger partial charge is 0.221 e. The molecule has 1 amide bonds. The molecule has 0 aromatic heterocycles. The maximum absolute atomic E-state index is 10.9. The van der Waals surface area contributed by atoms with Crippen LogP contribution in [0.1, 0.15) is 23.6 Å². The number of rotatable bonds is 2. The van der Waals surface area contributed by atoms with E-state index in [0.717, 1.165) is 22.4 Å². The number of benzene rings is 1. The number of aliphatic hydroxyl groups excluding tert-OH is 1. The lowest BCUT2D eigenvalue weighted by atomic mass is 10.0. The number of hydrogen-bond acceptors (Lipinski definition) is 2. The van der Waals surface area contributed by atoms with Crippen LogP contribution in [0.4, 0.5) is 5.69 Å². The highest BCUT2D eigenvalue weighted by Gasteiger charge is 2.06. The third-order valence-electron chi connectivity index (χ3n) is 2.30. The van der Waals surface area contributed by atoms with Gasteiger partial charge < -0.3 is 10.4 Å². The monoisotopic (exact) mass is 193 g/mol. The zero-order valence-electron chi connectivity index (χ0n) is 8.72. The van der Waals surface area contributed by atoms with Crippen molar-refractivity contribution in [1.29, 1.82) is 0 Å². The van der Waals surface area contributed by atoms with E-state index >= 15 is 0 Å². The largest absolute Gasteiger partial charge is 0.392 e. The minimum atomic E-state index is -0.0964. The summed E-state index contributed by atoms with van der Waals surface area (Å²) in [7, 11) is 0. The highest BCUT2D eigenvalue weighted by atomic mass is 16.3. The topological polar surface area (TPSA) is 49.3 Å². The molecule has 76 valence electrons. The van der Waals surface area contributed by atoms with E-state index in [1.807, 2.05) is 26.0 Å². The Hall–Kier alpha value is -1.35. The Bertz CT molecular complexity index is 359. The van der Waals surface area contributed by atoms with E-state index in [2.05, 4.69) is 5.32 Å². The number of anilines is 1. The van der Waals surface area contributed by atoms with Gasteiger partial charge in [-0.05, 0) is 36.6 Å². The van der Waals surface area contributed by atoms with Crippen LogP contribution in [0.2, 0.25) is 0 Å². The Labute approximate surface area is 83.8 Å². The predicted molar refractivity (Wildman–Crippen MR) is 56.1 cm³/mol. The molecule has 0 fully saturated rings. The van der Waals surface area contributed by atoms with E-state index in [-0.39, 0.29) is 12.5 Å². The number of hydrogen-bond donors (Lipinski definition) is 2. The van der Waals surface area contributed by atoms with Gasteiger partial charge >= 0.3 is 0 Å². The lowest BCUT2D eigenvalue weighted by Crippen LogP contribution is -2.08. The van der Waals surface area contributed by atoms with Crippen LogP contribution in [0.3, 0.4) is 0 Å². The predicted octanol–water partition coefficient (Wildman–Crippen LogP) is 1.75. The second-order valence-electron chi connectivity index (χ2n) is 3.37. The average Bonchev–Trinajstić information content (AvgIpc) is 2.10. The van der Waals surface area contributed by atoms with Crippen molar-refractivity contribution < 1.29 is 9.90 Å². The van der Waals surface area contributed by atoms with E-state index in [9.17, 15) is 4.79 Å². The molecule has 0 heterocycles. The maximum atomic E-state index is 10.9. The van der Waals surface area contributed by atoms with Gasteiger partial charge in [0.15, 0.2) is 0 Å². The first-order chi connectivity index (χ1) is 6.56. The number of carbonyl (C=O) groups is 1. The summed E-state index contributed by atoms with van der Waals surface area (Å²) >= 11 is 0. The molecular weight excluding hydrogens is 178 g/mol. The Kier molecular flexibility index (Phi) is 3.25. The van der Waals surface area contributed by atoms with Crippen molar-refractivity contribution in [1.82, 2.24) is 0 Å². The Morgan fingerprint density at radius 1 is 1.43 bits per heavy atom. The molecule has 0 saturated carbocycles. The summed E-state index contributed by atoms with van der Waals surface area (Å²) in [5.41, 5.74) is 3.63. The van der Waals surface area contributed by atoms with Crippen molar-refractivity contribution in [2.24, 2.45) is 0 Å². The van der Waals surface area contributed by atoms with Gasteiger partial charge in [0.05, 0.1) is 6.61 Å². The van der Waals surface area contributed by atoms with E-state index < -0.39 is 0 Å². The fraction of sp³-hybridized carbons (Fsp3) is 0.364. The molecule has 14 heavy (non-hydrogen) atoms. The van der Waals surface area contributed by atoms with Crippen LogP contribution in [-0.2, 0) is 11.4 Å². The molecule has 0 bridgehead atoms. The lowest BCUT2D eigenvalue weighted by Gasteiger charge is -2.12.